The van der Waals surface area contributed by atoms with Gasteiger partial charge in [0.1, 0.15) is 0 Å². The summed E-state index contributed by atoms with van der Waals surface area (Å²) in [6.07, 6.45) is 4.64. The molecule has 0 radical (unpaired) electrons. The Morgan fingerprint density at radius 2 is 1.74 bits per heavy atom. The number of aliphatic hydroxyl groups is 1. The van der Waals surface area contributed by atoms with Crippen LogP contribution in [0.3, 0.4) is 0 Å². The predicted octanol–water partition coefficient (Wildman–Crippen LogP) is 1.40. The average molecular weight is 273 g/mol. The third-order valence-electron chi connectivity index (χ3n) is 3.81. The van der Waals surface area contributed by atoms with Gasteiger partial charge in [-0.2, -0.15) is 0 Å². The molecule has 0 fully saturated rings. The van der Waals surface area contributed by atoms with Gasteiger partial charge in [-0.25, -0.2) is 0 Å². The van der Waals surface area contributed by atoms with Crippen molar-refractivity contribution in [2.75, 3.05) is 53.9 Å². The first-order valence-electron chi connectivity index (χ1n) is 7.64. The highest BCUT2D eigenvalue weighted by molar-refractivity contribution is 4.80. The van der Waals surface area contributed by atoms with Gasteiger partial charge in [0.15, 0.2) is 0 Å². The van der Waals surface area contributed by atoms with E-state index in [-0.39, 0.29) is 12.1 Å². The van der Waals surface area contributed by atoms with Crippen molar-refractivity contribution in [3.8, 4) is 0 Å². The summed E-state index contributed by atoms with van der Waals surface area (Å²) >= 11 is 0. The Balaban J connectivity index is 3.85. The van der Waals surface area contributed by atoms with E-state index in [9.17, 15) is 5.11 Å². The van der Waals surface area contributed by atoms with Crippen LogP contribution in [0.25, 0.3) is 0 Å². The van der Waals surface area contributed by atoms with Gasteiger partial charge in [0.2, 0.25) is 0 Å². The van der Waals surface area contributed by atoms with Crippen LogP contribution in [0.1, 0.15) is 39.5 Å². The minimum atomic E-state index is -0.112. The van der Waals surface area contributed by atoms with Crippen molar-refractivity contribution in [1.82, 2.24) is 15.1 Å². The Morgan fingerprint density at radius 1 is 1.05 bits per heavy atom. The predicted molar refractivity (Wildman–Crippen MR) is 83.7 cm³/mol. The first-order valence-corrected chi connectivity index (χ1v) is 7.64. The molecule has 0 saturated carbocycles. The molecule has 0 aliphatic rings. The lowest BCUT2D eigenvalue weighted by Gasteiger charge is -2.28. The number of aliphatic hydroxyl groups excluding tert-OH is 1. The molecule has 1 atom stereocenters. The van der Waals surface area contributed by atoms with Crippen LogP contribution in [0.5, 0.6) is 0 Å². The third kappa shape index (κ3) is 9.38. The quantitative estimate of drug-likeness (QED) is 0.527. The summed E-state index contributed by atoms with van der Waals surface area (Å²) in [4.78, 5) is 4.79. The number of nitrogens with one attached hydrogen (secondary N) is 1. The molecule has 1 unspecified atom stereocenters. The first kappa shape index (κ1) is 18.8. The summed E-state index contributed by atoms with van der Waals surface area (Å²) in [5, 5.41) is 12.6. The average Bonchev–Trinajstić information content (AvgIpc) is 2.40. The van der Waals surface area contributed by atoms with E-state index in [1.165, 1.54) is 32.4 Å². The maximum Gasteiger partial charge on any atom is 0.0610 e. The lowest BCUT2D eigenvalue weighted by Crippen LogP contribution is -2.43. The summed E-state index contributed by atoms with van der Waals surface area (Å²) < 4.78 is 0. The van der Waals surface area contributed by atoms with Gasteiger partial charge in [-0.05, 0) is 60.4 Å². The summed E-state index contributed by atoms with van der Waals surface area (Å²) in [5.41, 5.74) is -0.112. The normalized spacial score (nSPS) is 15.2. The Morgan fingerprint density at radius 3 is 2.21 bits per heavy atom. The molecule has 0 aliphatic carbocycles. The van der Waals surface area contributed by atoms with Gasteiger partial charge >= 0.3 is 0 Å². The molecule has 0 spiro atoms. The molecule has 0 aromatic carbocycles. The summed E-state index contributed by atoms with van der Waals surface area (Å²) in [7, 11) is 6.18. The van der Waals surface area contributed by atoms with Crippen molar-refractivity contribution in [1.29, 1.82) is 0 Å². The second kappa shape index (κ2) is 10.6. The van der Waals surface area contributed by atoms with Gasteiger partial charge in [-0.15, -0.1) is 0 Å². The molecule has 0 heterocycles. The fraction of sp³-hybridized carbons (Fsp3) is 1.00. The van der Waals surface area contributed by atoms with E-state index >= 15 is 0 Å². The zero-order valence-electron chi connectivity index (χ0n) is 13.7. The minimum absolute atomic E-state index is 0.112. The van der Waals surface area contributed by atoms with E-state index in [4.69, 9.17) is 0 Å². The molecule has 0 aromatic heterocycles. The number of rotatable bonds is 12. The summed E-state index contributed by atoms with van der Waals surface area (Å²) in [5.74, 6) is 0. The van der Waals surface area contributed by atoms with Crippen molar-refractivity contribution in [2.24, 2.45) is 0 Å². The monoisotopic (exact) mass is 273 g/mol. The molecule has 0 aliphatic heterocycles. The fourth-order valence-electron chi connectivity index (χ4n) is 2.13. The molecule has 4 heteroatoms. The molecular formula is C15H35N3O. The van der Waals surface area contributed by atoms with E-state index in [0.29, 0.717) is 0 Å². The zero-order valence-corrected chi connectivity index (χ0v) is 13.7. The summed E-state index contributed by atoms with van der Waals surface area (Å²) in [6.45, 7) is 9.19. The zero-order chi connectivity index (χ0) is 14.7. The van der Waals surface area contributed by atoms with Crippen molar-refractivity contribution in [3.63, 3.8) is 0 Å². The van der Waals surface area contributed by atoms with Gasteiger partial charge in [-0.1, -0.05) is 13.3 Å². The van der Waals surface area contributed by atoms with Crippen molar-refractivity contribution in [3.05, 3.63) is 0 Å². The standard InChI is InChI=1S/C15H35N3O/c1-6-10-18(13-12-17(4)5)11-8-7-9-15(2,14-19)16-3/h16,19H,6-14H2,1-5H3. The van der Waals surface area contributed by atoms with Crippen LogP contribution < -0.4 is 5.32 Å². The van der Waals surface area contributed by atoms with Gasteiger partial charge in [-0.3, -0.25) is 0 Å². The SMILES string of the molecule is CCCN(CCCCC(C)(CO)NC)CCN(C)C. The molecule has 0 amide bonds. The number of unbranched alkanes of at least 4 members (excludes halogenated alkanes) is 1. The van der Waals surface area contributed by atoms with Gasteiger partial charge in [0.25, 0.3) is 0 Å². The molecule has 116 valence electrons. The lowest BCUT2D eigenvalue weighted by atomic mass is 9.96. The largest absolute Gasteiger partial charge is 0.394 e. The highest BCUT2D eigenvalue weighted by atomic mass is 16.3. The van der Waals surface area contributed by atoms with Crippen molar-refractivity contribution in [2.45, 2.75) is 45.1 Å². The highest BCUT2D eigenvalue weighted by Gasteiger charge is 2.19. The Hall–Kier alpha value is -0.160. The number of hydrogen-bond donors (Lipinski definition) is 2. The van der Waals surface area contributed by atoms with Crippen molar-refractivity contribution >= 4 is 0 Å². The van der Waals surface area contributed by atoms with E-state index in [2.05, 4.69) is 43.1 Å². The minimum Gasteiger partial charge on any atom is -0.394 e. The van der Waals surface area contributed by atoms with Crippen LogP contribution in [0.4, 0.5) is 0 Å². The third-order valence-corrected chi connectivity index (χ3v) is 3.81. The number of hydrogen-bond acceptors (Lipinski definition) is 4. The lowest BCUT2D eigenvalue weighted by molar-refractivity contribution is 0.167. The van der Waals surface area contributed by atoms with Crippen LogP contribution in [-0.2, 0) is 0 Å². The topological polar surface area (TPSA) is 38.7 Å². The highest BCUT2D eigenvalue weighted by Crippen LogP contribution is 2.12. The molecule has 0 saturated heterocycles. The van der Waals surface area contributed by atoms with Crippen LogP contribution in [-0.4, -0.2) is 74.4 Å². The van der Waals surface area contributed by atoms with Crippen LogP contribution in [0.2, 0.25) is 0 Å². The molecule has 0 aromatic rings. The smallest absolute Gasteiger partial charge is 0.0610 e. The van der Waals surface area contributed by atoms with E-state index in [1.54, 1.807) is 0 Å². The van der Waals surface area contributed by atoms with Gasteiger partial charge in [0.05, 0.1) is 6.61 Å². The molecule has 0 bridgehead atoms. The van der Waals surface area contributed by atoms with Crippen LogP contribution in [0, 0.1) is 0 Å². The first-order chi connectivity index (χ1) is 8.97. The maximum absolute atomic E-state index is 9.34. The fourth-order valence-corrected chi connectivity index (χ4v) is 2.13. The van der Waals surface area contributed by atoms with E-state index < -0.39 is 0 Å². The number of nitrogens with zero attached hydrogens (tertiary/aromatic N) is 2. The Bertz CT molecular complexity index is 206. The second-order valence-electron chi connectivity index (χ2n) is 6.07. The van der Waals surface area contributed by atoms with Crippen LogP contribution >= 0.6 is 0 Å². The van der Waals surface area contributed by atoms with Gasteiger partial charge < -0.3 is 20.2 Å². The van der Waals surface area contributed by atoms with E-state index in [0.717, 1.165) is 19.5 Å². The summed E-state index contributed by atoms with van der Waals surface area (Å²) in [6, 6.07) is 0. The second-order valence-corrected chi connectivity index (χ2v) is 6.07. The van der Waals surface area contributed by atoms with Gasteiger partial charge in [0, 0.05) is 18.6 Å². The molecule has 19 heavy (non-hydrogen) atoms. The molecular weight excluding hydrogens is 238 g/mol. The van der Waals surface area contributed by atoms with E-state index in [1.807, 2.05) is 7.05 Å². The number of likely N-dealkylation sites (N-methyl/N-ethyl adjacent to an activating group) is 2. The Kier molecular flexibility index (Phi) is 10.5. The maximum atomic E-state index is 9.34. The van der Waals surface area contributed by atoms with Crippen LogP contribution in [0.15, 0.2) is 0 Å². The molecule has 4 nitrogen and oxygen atoms in total. The molecule has 2 N–H and O–H groups in total. The van der Waals surface area contributed by atoms with Crippen molar-refractivity contribution < 1.29 is 5.11 Å². The Labute approximate surface area is 120 Å². The molecule has 0 rings (SSSR count).